The molecule has 2 rings (SSSR count). The molecule has 0 aliphatic heterocycles. The fourth-order valence-electron chi connectivity index (χ4n) is 1.55. The first-order valence-corrected chi connectivity index (χ1v) is 5.56. The highest BCUT2D eigenvalue weighted by molar-refractivity contribution is 5.99. The number of carbonyl (C=O) groups excluding carboxylic acids is 1. The minimum atomic E-state index is -0.198. The van der Waals surface area contributed by atoms with E-state index in [1.807, 2.05) is 13.0 Å². The molecule has 94 valence electrons. The molecule has 0 radical (unpaired) electrons. The Hall–Kier alpha value is -2.37. The summed E-state index contributed by atoms with van der Waals surface area (Å²) in [6, 6.07) is 5.35. The lowest BCUT2D eigenvalue weighted by Crippen LogP contribution is -2.26. The number of nitrogen functional groups attached to an aromatic ring is 1. The number of hydrogen-bond acceptors (Lipinski definition) is 5. The number of aryl methyl sites for hydroxylation is 1. The van der Waals surface area contributed by atoms with Crippen molar-refractivity contribution < 1.29 is 9.32 Å². The van der Waals surface area contributed by atoms with Gasteiger partial charge in [0.15, 0.2) is 6.33 Å². The van der Waals surface area contributed by atoms with Gasteiger partial charge < -0.3 is 15.6 Å². The van der Waals surface area contributed by atoms with Crippen LogP contribution in [-0.2, 0) is 6.42 Å². The lowest BCUT2D eigenvalue weighted by atomic mass is 10.1. The Bertz CT molecular complexity index is 537. The van der Waals surface area contributed by atoms with E-state index < -0.39 is 0 Å². The molecule has 0 unspecified atom stereocenters. The highest BCUT2D eigenvalue weighted by Gasteiger charge is 2.09. The third kappa shape index (κ3) is 2.85. The van der Waals surface area contributed by atoms with Crippen molar-refractivity contribution >= 4 is 11.6 Å². The van der Waals surface area contributed by atoms with Crippen LogP contribution in [0.5, 0.6) is 0 Å². The smallest absolute Gasteiger partial charge is 0.253 e. The van der Waals surface area contributed by atoms with Crippen LogP contribution in [0.4, 0.5) is 5.69 Å². The summed E-state index contributed by atoms with van der Waals surface area (Å²) in [4.78, 5) is 15.8. The van der Waals surface area contributed by atoms with Gasteiger partial charge in [-0.1, -0.05) is 16.8 Å². The van der Waals surface area contributed by atoms with Crippen LogP contribution in [0.25, 0.3) is 0 Å². The molecule has 0 fully saturated rings. The van der Waals surface area contributed by atoms with Crippen molar-refractivity contribution in [2.75, 3.05) is 12.3 Å². The van der Waals surface area contributed by atoms with Gasteiger partial charge in [-0.15, -0.1) is 0 Å². The second kappa shape index (κ2) is 5.31. The summed E-state index contributed by atoms with van der Waals surface area (Å²) in [5, 5.41) is 6.24. The zero-order valence-electron chi connectivity index (χ0n) is 10.0. The van der Waals surface area contributed by atoms with E-state index in [9.17, 15) is 4.79 Å². The zero-order chi connectivity index (χ0) is 13.0. The number of rotatable bonds is 4. The predicted octanol–water partition coefficient (Wildman–Crippen LogP) is 0.933. The number of hydrogen-bond donors (Lipinski definition) is 2. The fourth-order valence-corrected chi connectivity index (χ4v) is 1.55. The molecule has 6 heteroatoms. The van der Waals surface area contributed by atoms with Gasteiger partial charge in [0.1, 0.15) is 0 Å². The van der Waals surface area contributed by atoms with Crippen molar-refractivity contribution in [1.82, 2.24) is 15.5 Å². The summed E-state index contributed by atoms with van der Waals surface area (Å²) in [7, 11) is 0. The highest BCUT2D eigenvalue weighted by Crippen LogP contribution is 2.13. The Balaban J connectivity index is 1.93. The Morgan fingerprint density at radius 2 is 2.33 bits per heavy atom. The molecule has 1 heterocycles. The third-order valence-electron chi connectivity index (χ3n) is 2.48. The first kappa shape index (κ1) is 12.1. The van der Waals surface area contributed by atoms with Gasteiger partial charge in [-0.2, -0.15) is 4.98 Å². The maximum Gasteiger partial charge on any atom is 0.253 e. The van der Waals surface area contributed by atoms with Gasteiger partial charge in [-0.05, 0) is 19.1 Å². The molecule has 6 nitrogen and oxygen atoms in total. The number of nitrogens with one attached hydrogen (secondary N) is 1. The Kier molecular flexibility index (Phi) is 3.57. The van der Waals surface area contributed by atoms with Crippen LogP contribution in [0.2, 0.25) is 0 Å². The Morgan fingerprint density at radius 1 is 1.50 bits per heavy atom. The molecule has 2 aromatic rings. The summed E-state index contributed by atoms with van der Waals surface area (Å²) < 4.78 is 4.83. The van der Waals surface area contributed by atoms with Crippen molar-refractivity contribution in [2.24, 2.45) is 0 Å². The number of carbonyl (C=O) groups is 1. The number of anilines is 1. The lowest BCUT2D eigenvalue weighted by molar-refractivity contribution is 0.0954. The van der Waals surface area contributed by atoms with Crippen molar-refractivity contribution in [3.05, 3.63) is 41.5 Å². The minimum Gasteiger partial charge on any atom is -0.398 e. The second-order valence-corrected chi connectivity index (χ2v) is 3.93. The molecule has 1 aromatic carbocycles. The van der Waals surface area contributed by atoms with E-state index >= 15 is 0 Å². The van der Waals surface area contributed by atoms with E-state index in [1.54, 1.807) is 12.1 Å². The molecule has 3 N–H and O–H groups in total. The van der Waals surface area contributed by atoms with Crippen LogP contribution in [0.1, 0.15) is 21.8 Å². The number of amides is 1. The quantitative estimate of drug-likeness (QED) is 0.783. The van der Waals surface area contributed by atoms with Crippen molar-refractivity contribution in [2.45, 2.75) is 13.3 Å². The van der Waals surface area contributed by atoms with Crippen molar-refractivity contribution in [1.29, 1.82) is 0 Å². The average molecular weight is 246 g/mol. The number of nitrogens with two attached hydrogens (primary N) is 1. The molecule has 0 saturated carbocycles. The van der Waals surface area contributed by atoms with E-state index in [1.165, 1.54) is 6.33 Å². The van der Waals surface area contributed by atoms with E-state index in [0.717, 1.165) is 5.56 Å². The summed E-state index contributed by atoms with van der Waals surface area (Å²) >= 11 is 0. The molecule has 1 aromatic heterocycles. The predicted molar refractivity (Wildman–Crippen MR) is 65.9 cm³/mol. The molecule has 0 spiro atoms. The third-order valence-corrected chi connectivity index (χ3v) is 2.48. The van der Waals surface area contributed by atoms with Gasteiger partial charge in [-0.3, -0.25) is 4.79 Å². The van der Waals surface area contributed by atoms with Crippen LogP contribution in [0.15, 0.2) is 29.0 Å². The first-order chi connectivity index (χ1) is 8.66. The molecular weight excluding hydrogens is 232 g/mol. The largest absolute Gasteiger partial charge is 0.398 e. The average Bonchev–Trinajstić information content (AvgIpc) is 2.85. The van der Waals surface area contributed by atoms with Crippen molar-refractivity contribution in [3.63, 3.8) is 0 Å². The first-order valence-electron chi connectivity index (χ1n) is 5.56. The molecular formula is C12H14N4O2. The minimum absolute atomic E-state index is 0.198. The Labute approximate surface area is 104 Å². The topological polar surface area (TPSA) is 94.0 Å². The lowest BCUT2D eigenvalue weighted by Gasteiger charge is -2.07. The molecule has 0 saturated heterocycles. The maximum atomic E-state index is 11.9. The number of benzene rings is 1. The normalized spacial score (nSPS) is 10.3. The summed E-state index contributed by atoms with van der Waals surface area (Å²) in [6.07, 6.45) is 1.83. The van der Waals surface area contributed by atoms with Gasteiger partial charge >= 0.3 is 0 Å². The molecule has 0 bridgehead atoms. The molecule has 0 aliphatic carbocycles. The Morgan fingerprint density at radius 3 is 3.06 bits per heavy atom. The highest BCUT2D eigenvalue weighted by atomic mass is 16.5. The molecule has 18 heavy (non-hydrogen) atoms. The van der Waals surface area contributed by atoms with Crippen LogP contribution in [-0.4, -0.2) is 22.6 Å². The van der Waals surface area contributed by atoms with Crippen molar-refractivity contribution in [3.8, 4) is 0 Å². The van der Waals surface area contributed by atoms with Gasteiger partial charge in [0.05, 0.1) is 5.56 Å². The van der Waals surface area contributed by atoms with Crippen LogP contribution in [0, 0.1) is 6.92 Å². The van der Waals surface area contributed by atoms with Gasteiger partial charge in [-0.25, -0.2) is 0 Å². The van der Waals surface area contributed by atoms with E-state index in [0.29, 0.717) is 30.1 Å². The molecule has 0 aliphatic rings. The van der Waals surface area contributed by atoms with Gasteiger partial charge in [0.25, 0.3) is 5.91 Å². The molecule has 1 amide bonds. The van der Waals surface area contributed by atoms with E-state index in [2.05, 4.69) is 15.5 Å². The maximum absolute atomic E-state index is 11.9. The summed E-state index contributed by atoms with van der Waals surface area (Å²) in [5.74, 6) is 0.295. The SMILES string of the molecule is Cc1ccc(N)c(C(=O)NCCc2ncno2)c1. The van der Waals surface area contributed by atoms with Gasteiger partial charge in [0.2, 0.25) is 5.89 Å². The number of nitrogens with zero attached hydrogens (tertiary/aromatic N) is 2. The monoisotopic (exact) mass is 246 g/mol. The van der Waals surface area contributed by atoms with Crippen LogP contribution in [0.3, 0.4) is 0 Å². The zero-order valence-corrected chi connectivity index (χ0v) is 10.0. The van der Waals surface area contributed by atoms with E-state index in [4.69, 9.17) is 10.3 Å². The molecule has 0 atom stereocenters. The standard InChI is InChI=1S/C12H14N4O2/c1-8-2-3-10(13)9(6-8)12(17)14-5-4-11-15-7-16-18-11/h2-3,6-7H,4-5,13H2,1H3,(H,14,17). The van der Waals surface area contributed by atoms with E-state index in [-0.39, 0.29) is 5.91 Å². The summed E-state index contributed by atoms with van der Waals surface area (Å²) in [6.45, 7) is 2.34. The number of aromatic nitrogens is 2. The van der Waals surface area contributed by atoms with Gasteiger partial charge in [0, 0.05) is 18.7 Å². The summed E-state index contributed by atoms with van der Waals surface area (Å²) in [5.41, 5.74) is 7.70. The van der Waals surface area contributed by atoms with Crippen LogP contribution >= 0.6 is 0 Å². The fraction of sp³-hybridized carbons (Fsp3) is 0.250. The van der Waals surface area contributed by atoms with Crippen LogP contribution < -0.4 is 11.1 Å². The second-order valence-electron chi connectivity index (χ2n) is 3.93.